The highest BCUT2D eigenvalue weighted by atomic mass is 16.2. The molecule has 136 valence electrons. The topological polar surface area (TPSA) is 98.8 Å². The SMILES string of the molecule is Cc1cc(Nc2cc(C)[nH]n2)nc(N2C(=O)CNCC23CC=CCC3)n1. The van der Waals surface area contributed by atoms with Crippen LogP contribution in [0.1, 0.15) is 30.7 Å². The van der Waals surface area contributed by atoms with E-state index in [1.807, 2.05) is 26.0 Å². The number of allylic oxidation sites excluding steroid dienone is 1. The largest absolute Gasteiger partial charge is 0.323 e. The first-order valence-electron chi connectivity index (χ1n) is 8.89. The fraction of sp³-hybridized carbons (Fsp3) is 0.444. The first kappa shape index (κ1) is 16.7. The molecule has 2 aromatic rings. The molecule has 1 aliphatic carbocycles. The number of hydrogen-bond donors (Lipinski definition) is 3. The second-order valence-corrected chi connectivity index (χ2v) is 7.03. The van der Waals surface area contributed by atoms with Gasteiger partial charge in [0.1, 0.15) is 5.82 Å². The molecule has 0 saturated carbocycles. The number of nitrogens with one attached hydrogen (secondary N) is 3. The van der Waals surface area contributed by atoms with Crippen LogP contribution in [-0.2, 0) is 4.79 Å². The number of nitrogens with zero attached hydrogens (tertiary/aromatic N) is 4. The molecule has 4 rings (SSSR count). The van der Waals surface area contributed by atoms with Gasteiger partial charge >= 0.3 is 0 Å². The Labute approximate surface area is 152 Å². The summed E-state index contributed by atoms with van der Waals surface area (Å²) in [6.07, 6.45) is 6.99. The van der Waals surface area contributed by atoms with Gasteiger partial charge < -0.3 is 10.6 Å². The average molecular weight is 353 g/mol. The number of amides is 1. The number of aryl methyl sites for hydroxylation is 2. The molecule has 1 atom stereocenters. The van der Waals surface area contributed by atoms with Crippen molar-refractivity contribution < 1.29 is 4.79 Å². The number of aromatic amines is 1. The molecule has 3 heterocycles. The van der Waals surface area contributed by atoms with Crippen molar-refractivity contribution in [3.63, 3.8) is 0 Å². The molecule has 1 unspecified atom stereocenters. The van der Waals surface area contributed by atoms with Crippen LogP contribution < -0.4 is 15.5 Å². The third kappa shape index (κ3) is 3.08. The molecular weight excluding hydrogens is 330 g/mol. The molecule has 1 saturated heterocycles. The molecular formula is C18H23N7O. The maximum absolute atomic E-state index is 12.8. The molecule has 8 heteroatoms. The first-order valence-corrected chi connectivity index (χ1v) is 8.89. The van der Waals surface area contributed by atoms with E-state index in [0.717, 1.165) is 37.2 Å². The fourth-order valence-corrected chi connectivity index (χ4v) is 3.72. The molecule has 0 bridgehead atoms. The van der Waals surface area contributed by atoms with Gasteiger partial charge in [0.15, 0.2) is 5.82 Å². The quantitative estimate of drug-likeness (QED) is 0.730. The number of rotatable bonds is 3. The van der Waals surface area contributed by atoms with Crippen molar-refractivity contribution in [1.82, 2.24) is 25.5 Å². The third-order valence-corrected chi connectivity index (χ3v) is 4.90. The lowest BCUT2D eigenvalue weighted by Gasteiger charge is -2.47. The second-order valence-electron chi connectivity index (χ2n) is 7.03. The Morgan fingerprint density at radius 2 is 2.08 bits per heavy atom. The smallest absolute Gasteiger partial charge is 0.243 e. The Kier molecular flexibility index (Phi) is 4.20. The van der Waals surface area contributed by atoms with E-state index >= 15 is 0 Å². The standard InChI is InChI=1S/C18H23N7O/c1-12-8-14(21-15-9-13(2)23-24-15)22-17(20-12)25-16(26)10-19-11-18(25)6-4-3-5-7-18/h3-4,8-9,19H,5-7,10-11H2,1-2H3,(H2,20,21,22,23,24). The van der Waals surface area contributed by atoms with E-state index in [4.69, 9.17) is 0 Å². The lowest BCUT2D eigenvalue weighted by atomic mass is 9.82. The van der Waals surface area contributed by atoms with Gasteiger partial charge in [-0.25, -0.2) is 4.98 Å². The zero-order valence-electron chi connectivity index (χ0n) is 15.0. The number of hydrogen-bond acceptors (Lipinski definition) is 6. The molecule has 3 N–H and O–H groups in total. The minimum atomic E-state index is -0.294. The minimum absolute atomic E-state index is 0.0127. The molecule has 0 aromatic carbocycles. The van der Waals surface area contributed by atoms with Gasteiger partial charge in [-0.2, -0.15) is 10.1 Å². The van der Waals surface area contributed by atoms with Crippen molar-refractivity contribution in [2.75, 3.05) is 23.3 Å². The Balaban J connectivity index is 1.70. The summed E-state index contributed by atoms with van der Waals surface area (Å²) in [6, 6.07) is 3.76. The summed E-state index contributed by atoms with van der Waals surface area (Å²) in [4.78, 5) is 23.8. The van der Waals surface area contributed by atoms with Crippen molar-refractivity contribution in [3.05, 3.63) is 35.7 Å². The predicted octanol–water partition coefficient (Wildman–Crippen LogP) is 1.98. The van der Waals surface area contributed by atoms with Gasteiger partial charge in [-0.3, -0.25) is 14.8 Å². The van der Waals surface area contributed by atoms with E-state index in [1.54, 1.807) is 4.90 Å². The van der Waals surface area contributed by atoms with Crippen LogP contribution in [0.2, 0.25) is 0 Å². The van der Waals surface area contributed by atoms with Crippen LogP contribution >= 0.6 is 0 Å². The summed E-state index contributed by atoms with van der Waals surface area (Å²) in [5.41, 5.74) is 1.47. The maximum atomic E-state index is 12.8. The van der Waals surface area contributed by atoms with Gasteiger partial charge in [0.05, 0.1) is 12.1 Å². The van der Waals surface area contributed by atoms with E-state index in [0.29, 0.717) is 24.1 Å². The molecule has 0 radical (unpaired) electrons. The highest BCUT2D eigenvalue weighted by molar-refractivity contribution is 5.96. The van der Waals surface area contributed by atoms with Gasteiger partial charge in [-0.05, 0) is 33.1 Å². The van der Waals surface area contributed by atoms with E-state index in [1.165, 1.54) is 0 Å². The third-order valence-electron chi connectivity index (χ3n) is 4.90. The summed E-state index contributed by atoms with van der Waals surface area (Å²) < 4.78 is 0. The normalized spacial score (nSPS) is 22.8. The van der Waals surface area contributed by atoms with Crippen LogP contribution in [0.5, 0.6) is 0 Å². The minimum Gasteiger partial charge on any atom is -0.323 e. The van der Waals surface area contributed by atoms with Crippen molar-refractivity contribution >= 4 is 23.5 Å². The van der Waals surface area contributed by atoms with Crippen molar-refractivity contribution in [2.45, 2.75) is 38.6 Å². The summed E-state index contributed by atoms with van der Waals surface area (Å²) in [5.74, 6) is 1.79. The van der Waals surface area contributed by atoms with E-state index in [2.05, 4.69) is 43.0 Å². The second kappa shape index (κ2) is 6.53. The first-order chi connectivity index (χ1) is 12.6. The molecule has 1 amide bonds. The summed E-state index contributed by atoms with van der Waals surface area (Å²) in [5, 5.41) is 13.5. The molecule has 2 aliphatic rings. The number of H-pyrrole nitrogens is 1. The lowest BCUT2D eigenvalue weighted by molar-refractivity contribution is -0.120. The van der Waals surface area contributed by atoms with Crippen molar-refractivity contribution in [2.24, 2.45) is 0 Å². The van der Waals surface area contributed by atoms with Crippen LogP contribution in [0.25, 0.3) is 0 Å². The average Bonchev–Trinajstić information content (AvgIpc) is 3.00. The van der Waals surface area contributed by atoms with Crippen LogP contribution in [-0.4, -0.2) is 44.7 Å². The zero-order chi connectivity index (χ0) is 18.1. The Bertz CT molecular complexity index is 859. The van der Waals surface area contributed by atoms with E-state index < -0.39 is 0 Å². The Morgan fingerprint density at radius 1 is 1.19 bits per heavy atom. The molecule has 1 spiro atoms. The fourth-order valence-electron chi connectivity index (χ4n) is 3.72. The Hall–Kier alpha value is -2.74. The molecule has 26 heavy (non-hydrogen) atoms. The number of piperazine rings is 1. The van der Waals surface area contributed by atoms with Gasteiger partial charge in [0, 0.05) is 30.1 Å². The van der Waals surface area contributed by atoms with Gasteiger partial charge in [0.2, 0.25) is 11.9 Å². The molecule has 8 nitrogen and oxygen atoms in total. The Morgan fingerprint density at radius 3 is 2.81 bits per heavy atom. The van der Waals surface area contributed by atoms with Crippen molar-refractivity contribution in [3.8, 4) is 0 Å². The molecule has 1 aliphatic heterocycles. The summed E-state index contributed by atoms with van der Waals surface area (Å²) in [6.45, 7) is 4.91. The van der Waals surface area contributed by atoms with Crippen LogP contribution in [0.3, 0.4) is 0 Å². The van der Waals surface area contributed by atoms with Gasteiger partial charge in [-0.1, -0.05) is 12.2 Å². The van der Waals surface area contributed by atoms with Crippen LogP contribution in [0.15, 0.2) is 24.3 Å². The number of aromatic nitrogens is 4. The van der Waals surface area contributed by atoms with Crippen molar-refractivity contribution in [1.29, 1.82) is 0 Å². The van der Waals surface area contributed by atoms with E-state index in [9.17, 15) is 4.79 Å². The highest BCUT2D eigenvalue weighted by Crippen LogP contribution is 2.34. The maximum Gasteiger partial charge on any atom is 0.243 e. The lowest BCUT2D eigenvalue weighted by Crippen LogP contribution is -2.65. The zero-order valence-corrected chi connectivity index (χ0v) is 15.0. The number of carbonyl (C=O) groups is 1. The molecule has 2 aromatic heterocycles. The van der Waals surface area contributed by atoms with E-state index in [-0.39, 0.29) is 11.4 Å². The number of anilines is 3. The molecule has 1 fully saturated rings. The summed E-state index contributed by atoms with van der Waals surface area (Å²) >= 11 is 0. The van der Waals surface area contributed by atoms with Crippen LogP contribution in [0.4, 0.5) is 17.6 Å². The number of carbonyl (C=O) groups excluding carboxylic acids is 1. The van der Waals surface area contributed by atoms with Crippen LogP contribution in [0, 0.1) is 13.8 Å². The van der Waals surface area contributed by atoms with Gasteiger partial charge in [-0.15, -0.1) is 0 Å². The summed E-state index contributed by atoms with van der Waals surface area (Å²) in [7, 11) is 0. The predicted molar refractivity (Wildman–Crippen MR) is 99.5 cm³/mol. The highest BCUT2D eigenvalue weighted by Gasteiger charge is 2.44. The monoisotopic (exact) mass is 353 g/mol. The van der Waals surface area contributed by atoms with Gasteiger partial charge in [0.25, 0.3) is 0 Å².